The third-order valence-corrected chi connectivity index (χ3v) is 3.89. The van der Waals surface area contributed by atoms with Gasteiger partial charge in [0.2, 0.25) is 5.91 Å². The molecular formula is C15H12N2O2. The van der Waals surface area contributed by atoms with E-state index in [0.717, 1.165) is 27.5 Å². The van der Waals surface area contributed by atoms with E-state index in [2.05, 4.69) is 4.98 Å². The second-order valence-electron chi connectivity index (χ2n) is 4.93. The molecule has 4 rings (SSSR count). The second-order valence-corrected chi connectivity index (χ2v) is 4.93. The van der Waals surface area contributed by atoms with Crippen molar-refractivity contribution in [1.29, 1.82) is 0 Å². The Morgan fingerprint density at radius 1 is 1.26 bits per heavy atom. The molecule has 0 saturated carbocycles. The first-order chi connectivity index (χ1) is 9.31. The summed E-state index contributed by atoms with van der Waals surface area (Å²) in [6, 6.07) is 9.80. The van der Waals surface area contributed by atoms with Gasteiger partial charge >= 0.3 is 0 Å². The highest BCUT2D eigenvalue weighted by Gasteiger charge is 2.30. The molecular weight excluding hydrogens is 240 g/mol. The fourth-order valence-corrected chi connectivity index (χ4v) is 3.01. The van der Waals surface area contributed by atoms with Gasteiger partial charge in [-0.05, 0) is 12.1 Å². The predicted octanol–water partition coefficient (Wildman–Crippen LogP) is 1.99. The molecule has 1 N–H and O–H groups in total. The van der Waals surface area contributed by atoms with Crippen molar-refractivity contribution in [2.24, 2.45) is 5.92 Å². The molecule has 1 aliphatic rings. The van der Waals surface area contributed by atoms with Crippen LogP contribution in [0.1, 0.15) is 10.5 Å². The van der Waals surface area contributed by atoms with E-state index in [1.807, 2.05) is 30.3 Å². The lowest BCUT2D eigenvalue weighted by atomic mass is 9.98. The summed E-state index contributed by atoms with van der Waals surface area (Å²) in [5.41, 5.74) is 2.70. The molecule has 3 aromatic rings. The average Bonchev–Trinajstić information content (AvgIpc) is 2.79. The number of benzene rings is 1. The predicted molar refractivity (Wildman–Crippen MR) is 72.1 cm³/mol. The number of fused-ring (bicyclic) bond motifs is 3. The Labute approximate surface area is 109 Å². The number of nitrogens with zero attached hydrogens (tertiary/aromatic N) is 2. The van der Waals surface area contributed by atoms with Crippen LogP contribution in [-0.2, 0) is 6.42 Å². The highest BCUT2D eigenvalue weighted by Crippen LogP contribution is 2.34. The zero-order chi connectivity index (χ0) is 13.0. The van der Waals surface area contributed by atoms with E-state index in [4.69, 9.17) is 0 Å². The maximum Gasteiger partial charge on any atom is 0.237 e. The zero-order valence-corrected chi connectivity index (χ0v) is 10.2. The van der Waals surface area contributed by atoms with Gasteiger partial charge in [0, 0.05) is 23.4 Å². The molecule has 0 spiro atoms. The Hall–Kier alpha value is -2.20. The van der Waals surface area contributed by atoms with E-state index in [9.17, 15) is 9.90 Å². The minimum absolute atomic E-state index is 0.0331. The number of rotatable bonds is 1. The number of carbonyl (C=O) groups excluding carboxylic acids is 1. The topological polar surface area (TPSA) is 55.1 Å². The van der Waals surface area contributed by atoms with Gasteiger partial charge < -0.3 is 5.11 Å². The van der Waals surface area contributed by atoms with Gasteiger partial charge in [-0.2, -0.15) is 0 Å². The maximum atomic E-state index is 12.5. The number of hydrogen-bond donors (Lipinski definition) is 1. The Morgan fingerprint density at radius 3 is 2.95 bits per heavy atom. The van der Waals surface area contributed by atoms with E-state index in [-0.39, 0.29) is 18.4 Å². The van der Waals surface area contributed by atoms with Crippen LogP contribution in [0, 0.1) is 5.92 Å². The van der Waals surface area contributed by atoms with Gasteiger partial charge in [0.1, 0.15) is 0 Å². The molecule has 0 aliphatic carbocycles. The van der Waals surface area contributed by atoms with Gasteiger partial charge in [0.15, 0.2) is 0 Å². The largest absolute Gasteiger partial charge is 0.396 e. The molecule has 4 nitrogen and oxygen atoms in total. The van der Waals surface area contributed by atoms with Crippen molar-refractivity contribution in [1.82, 2.24) is 9.55 Å². The van der Waals surface area contributed by atoms with E-state index in [0.29, 0.717) is 6.42 Å². The molecule has 1 aromatic carbocycles. The van der Waals surface area contributed by atoms with Crippen LogP contribution in [0.2, 0.25) is 0 Å². The molecule has 0 amide bonds. The Morgan fingerprint density at radius 2 is 2.11 bits per heavy atom. The summed E-state index contributed by atoms with van der Waals surface area (Å²) < 4.78 is 1.72. The number of aliphatic hydroxyl groups is 1. The minimum atomic E-state index is -0.388. The molecule has 0 unspecified atom stereocenters. The van der Waals surface area contributed by atoms with Crippen molar-refractivity contribution in [3.63, 3.8) is 0 Å². The van der Waals surface area contributed by atoms with Crippen LogP contribution >= 0.6 is 0 Å². The van der Waals surface area contributed by atoms with Crippen LogP contribution in [0.4, 0.5) is 0 Å². The lowest BCUT2D eigenvalue weighted by Gasteiger charge is -2.21. The number of pyridine rings is 1. The Balaban J connectivity index is 2.23. The third-order valence-electron chi connectivity index (χ3n) is 3.89. The summed E-state index contributed by atoms with van der Waals surface area (Å²) in [4.78, 5) is 16.9. The fourth-order valence-electron chi connectivity index (χ4n) is 3.01. The van der Waals surface area contributed by atoms with Crippen molar-refractivity contribution in [3.8, 4) is 0 Å². The summed E-state index contributed by atoms with van der Waals surface area (Å²) in [5, 5.41) is 11.5. The summed E-state index contributed by atoms with van der Waals surface area (Å²) in [5.74, 6) is -0.421. The van der Waals surface area contributed by atoms with Crippen LogP contribution in [-0.4, -0.2) is 27.2 Å². The Bertz CT molecular complexity index is 819. The number of para-hydroxylation sites is 1. The van der Waals surface area contributed by atoms with E-state index in [1.165, 1.54) is 0 Å². The van der Waals surface area contributed by atoms with Crippen LogP contribution in [0.5, 0.6) is 0 Å². The highest BCUT2D eigenvalue weighted by atomic mass is 16.3. The molecule has 0 bridgehead atoms. The van der Waals surface area contributed by atoms with Crippen LogP contribution in [0.15, 0.2) is 36.5 Å². The summed E-state index contributed by atoms with van der Waals surface area (Å²) in [7, 11) is 0. The molecule has 1 aliphatic heterocycles. The monoisotopic (exact) mass is 252 g/mol. The van der Waals surface area contributed by atoms with Crippen molar-refractivity contribution in [2.75, 3.05) is 6.61 Å². The van der Waals surface area contributed by atoms with Crippen molar-refractivity contribution < 1.29 is 9.90 Å². The number of aliphatic hydroxyl groups excluding tert-OH is 1. The normalized spacial score (nSPS) is 18.4. The van der Waals surface area contributed by atoms with Gasteiger partial charge in [0.05, 0.1) is 29.3 Å². The van der Waals surface area contributed by atoms with Crippen LogP contribution < -0.4 is 0 Å². The van der Waals surface area contributed by atoms with Gasteiger partial charge in [-0.25, -0.2) is 0 Å². The molecule has 0 fully saturated rings. The lowest BCUT2D eigenvalue weighted by Crippen LogP contribution is -2.31. The van der Waals surface area contributed by atoms with E-state index >= 15 is 0 Å². The van der Waals surface area contributed by atoms with Gasteiger partial charge in [-0.1, -0.05) is 18.2 Å². The SMILES string of the molecule is O=C1[C@@H](CO)Cc2nccc3c4ccccc4n1c23. The fraction of sp³-hybridized carbons (Fsp3) is 0.200. The molecule has 0 saturated heterocycles. The molecule has 0 radical (unpaired) electrons. The second kappa shape index (κ2) is 3.65. The van der Waals surface area contributed by atoms with Crippen molar-refractivity contribution in [2.45, 2.75) is 6.42 Å². The van der Waals surface area contributed by atoms with E-state index in [1.54, 1.807) is 10.8 Å². The van der Waals surface area contributed by atoms with Crippen molar-refractivity contribution >= 4 is 27.7 Å². The first-order valence-electron chi connectivity index (χ1n) is 6.33. The van der Waals surface area contributed by atoms with Crippen LogP contribution in [0.3, 0.4) is 0 Å². The van der Waals surface area contributed by atoms with E-state index < -0.39 is 0 Å². The van der Waals surface area contributed by atoms with Gasteiger partial charge in [-0.15, -0.1) is 0 Å². The summed E-state index contributed by atoms with van der Waals surface area (Å²) >= 11 is 0. The molecule has 1 atom stereocenters. The highest BCUT2D eigenvalue weighted by molar-refractivity contribution is 6.15. The standard InChI is InChI=1S/C15H12N2O2/c18-8-9-7-12-14-11(5-6-16-12)10-3-1-2-4-13(10)17(14)15(9)19/h1-6,9,18H,7-8H2/t9-/m1/s1. The Kier molecular flexibility index (Phi) is 2.05. The number of carbonyl (C=O) groups is 1. The molecule has 19 heavy (non-hydrogen) atoms. The zero-order valence-electron chi connectivity index (χ0n) is 10.2. The average molecular weight is 252 g/mol. The summed E-state index contributed by atoms with van der Waals surface area (Å²) in [6.45, 7) is -0.136. The first kappa shape index (κ1) is 10.7. The smallest absolute Gasteiger partial charge is 0.237 e. The van der Waals surface area contributed by atoms with Crippen LogP contribution in [0.25, 0.3) is 21.8 Å². The first-order valence-corrected chi connectivity index (χ1v) is 6.33. The van der Waals surface area contributed by atoms with Gasteiger partial charge in [0.25, 0.3) is 0 Å². The van der Waals surface area contributed by atoms with Crippen molar-refractivity contribution in [3.05, 3.63) is 42.2 Å². The molecule has 94 valence electrons. The maximum absolute atomic E-state index is 12.5. The number of hydrogen-bond acceptors (Lipinski definition) is 3. The summed E-state index contributed by atoms with van der Waals surface area (Å²) in [6.07, 6.45) is 2.29. The minimum Gasteiger partial charge on any atom is -0.396 e. The number of aromatic nitrogens is 2. The molecule has 3 heterocycles. The third kappa shape index (κ3) is 1.26. The van der Waals surface area contributed by atoms with Gasteiger partial charge in [-0.3, -0.25) is 14.3 Å². The quantitative estimate of drug-likeness (QED) is 0.720. The molecule has 2 aromatic heterocycles. The molecule has 4 heteroatoms. The lowest BCUT2D eigenvalue weighted by molar-refractivity contribution is 0.0772.